The molecule has 0 radical (unpaired) electrons. The summed E-state index contributed by atoms with van der Waals surface area (Å²) in [5.41, 5.74) is 5.53. The van der Waals surface area contributed by atoms with Crippen LogP contribution in [-0.2, 0) is 4.43 Å². The maximum Gasteiger partial charge on any atom is 0.193 e. The van der Waals surface area contributed by atoms with E-state index in [1.807, 2.05) is 0 Å². The van der Waals surface area contributed by atoms with Crippen LogP contribution in [0.1, 0.15) is 27.7 Å². The lowest BCUT2D eigenvalue weighted by molar-refractivity contribution is 0.328. The first-order valence-corrected chi connectivity index (χ1v) is 9.67. The van der Waals surface area contributed by atoms with Crippen molar-refractivity contribution >= 4 is 8.32 Å². The van der Waals surface area contributed by atoms with Crippen LogP contribution in [0.25, 0.3) is 0 Å². The summed E-state index contributed by atoms with van der Waals surface area (Å²) in [6.45, 7) is 17.3. The molecule has 0 aromatic carbocycles. The quantitative estimate of drug-likeness (QED) is 0.594. The molecule has 0 aromatic rings. The van der Waals surface area contributed by atoms with Gasteiger partial charge in [0.1, 0.15) is 0 Å². The van der Waals surface area contributed by atoms with Gasteiger partial charge in [0.05, 0.1) is 13.2 Å². The van der Waals surface area contributed by atoms with E-state index < -0.39 is 8.32 Å². The molecule has 0 saturated carbocycles. The number of rotatable bonds is 6. The lowest BCUT2D eigenvalue weighted by Crippen LogP contribution is -2.40. The highest BCUT2D eigenvalue weighted by atomic mass is 28.4. The molecule has 2 N–H and O–H groups in total. The van der Waals surface area contributed by atoms with Crippen molar-refractivity contribution in [3.63, 3.8) is 0 Å². The Morgan fingerprint density at radius 1 is 1.22 bits per heavy atom. The van der Waals surface area contributed by atoms with Crippen LogP contribution in [0.4, 0.5) is 0 Å². The minimum atomic E-state index is -1.64. The van der Waals surface area contributed by atoms with Gasteiger partial charge in [0.25, 0.3) is 0 Å². The zero-order valence-corrected chi connectivity index (χ0v) is 14.0. The molecule has 0 rings (SSSR count). The Bertz CT molecular complexity index is 286. The Hall–Kier alpha value is -0.343. The van der Waals surface area contributed by atoms with E-state index in [4.69, 9.17) is 10.2 Å². The minimum absolute atomic E-state index is 0.254. The van der Waals surface area contributed by atoms with Gasteiger partial charge in [0.2, 0.25) is 0 Å². The zero-order valence-electron chi connectivity index (χ0n) is 13.0. The van der Waals surface area contributed by atoms with Gasteiger partial charge in [-0.25, -0.2) is 0 Å². The fraction of sp³-hybridized carbons (Fsp3) is 0.857. The smallest absolute Gasteiger partial charge is 0.193 e. The van der Waals surface area contributed by atoms with Gasteiger partial charge in [0.15, 0.2) is 8.32 Å². The molecule has 18 heavy (non-hydrogen) atoms. The van der Waals surface area contributed by atoms with E-state index in [1.165, 1.54) is 0 Å². The molecule has 0 amide bonds. The molecule has 0 heterocycles. The van der Waals surface area contributed by atoms with Crippen molar-refractivity contribution in [1.82, 2.24) is 4.90 Å². The van der Waals surface area contributed by atoms with E-state index in [1.54, 1.807) is 0 Å². The Balaban J connectivity index is 4.06. The Labute approximate surface area is 114 Å². The fourth-order valence-corrected chi connectivity index (χ4v) is 2.05. The Morgan fingerprint density at radius 2 is 1.83 bits per heavy atom. The van der Waals surface area contributed by atoms with Crippen LogP contribution in [0, 0.1) is 11.8 Å². The Kier molecular flexibility index (Phi) is 7.80. The standard InChI is InChI=1S/C14H30N2OSi/c1-7-16(12-10-15)11-8-9-13-17-18(5,6)14(2,3)4/h7,10-13,15H2,1-6H3. The topological polar surface area (TPSA) is 38.5 Å². The van der Waals surface area contributed by atoms with Crippen LogP contribution in [-0.4, -0.2) is 46.0 Å². The first-order valence-electron chi connectivity index (χ1n) is 6.76. The van der Waals surface area contributed by atoms with E-state index in [-0.39, 0.29) is 5.04 Å². The maximum atomic E-state index is 5.99. The van der Waals surface area contributed by atoms with Gasteiger partial charge >= 0.3 is 0 Å². The van der Waals surface area contributed by atoms with Gasteiger partial charge in [-0.05, 0) is 24.7 Å². The molecule has 0 spiro atoms. The summed E-state index contributed by atoms with van der Waals surface area (Å²) in [6.07, 6.45) is 0. The normalized spacial score (nSPS) is 12.4. The van der Waals surface area contributed by atoms with Crippen molar-refractivity contribution in [2.45, 2.75) is 45.8 Å². The molecule has 0 fully saturated rings. The average Bonchev–Trinajstić information content (AvgIpc) is 2.25. The van der Waals surface area contributed by atoms with Gasteiger partial charge in [-0.2, -0.15) is 0 Å². The SMILES string of the molecule is CCN(CC#CCO[Si](C)(C)C(C)(C)C)CCN. The van der Waals surface area contributed by atoms with E-state index in [0.29, 0.717) is 13.2 Å². The highest BCUT2D eigenvalue weighted by Gasteiger charge is 2.36. The van der Waals surface area contributed by atoms with Crippen LogP contribution in [0.15, 0.2) is 0 Å². The molecule has 0 bridgehead atoms. The van der Waals surface area contributed by atoms with Crippen LogP contribution < -0.4 is 5.73 Å². The number of likely N-dealkylation sites (N-methyl/N-ethyl adjacent to an activating group) is 1. The third kappa shape index (κ3) is 6.55. The lowest BCUT2D eigenvalue weighted by Gasteiger charge is -2.35. The number of hydrogen-bond acceptors (Lipinski definition) is 3. The molecular weight excluding hydrogens is 240 g/mol. The summed E-state index contributed by atoms with van der Waals surface area (Å²) in [5.74, 6) is 6.28. The summed E-state index contributed by atoms with van der Waals surface area (Å²) < 4.78 is 5.99. The molecule has 0 atom stereocenters. The summed E-state index contributed by atoms with van der Waals surface area (Å²) in [5, 5.41) is 0.254. The minimum Gasteiger partial charge on any atom is -0.406 e. The zero-order chi connectivity index (χ0) is 14.2. The highest BCUT2D eigenvalue weighted by Crippen LogP contribution is 2.36. The lowest BCUT2D eigenvalue weighted by atomic mass is 10.2. The third-order valence-electron chi connectivity index (χ3n) is 3.63. The molecule has 4 heteroatoms. The highest BCUT2D eigenvalue weighted by molar-refractivity contribution is 6.74. The fourth-order valence-electron chi connectivity index (χ4n) is 1.18. The number of hydrogen-bond donors (Lipinski definition) is 1. The van der Waals surface area contributed by atoms with Crippen molar-refractivity contribution in [1.29, 1.82) is 0 Å². The molecule has 0 aliphatic heterocycles. The van der Waals surface area contributed by atoms with Crippen molar-refractivity contribution < 1.29 is 4.43 Å². The van der Waals surface area contributed by atoms with E-state index in [0.717, 1.165) is 19.6 Å². The summed E-state index contributed by atoms with van der Waals surface area (Å²) in [7, 11) is -1.64. The van der Waals surface area contributed by atoms with E-state index >= 15 is 0 Å². The second kappa shape index (κ2) is 7.95. The van der Waals surface area contributed by atoms with Crippen molar-refractivity contribution in [2.75, 3.05) is 32.8 Å². The monoisotopic (exact) mass is 270 g/mol. The van der Waals surface area contributed by atoms with Crippen LogP contribution >= 0.6 is 0 Å². The van der Waals surface area contributed by atoms with Crippen molar-refractivity contribution in [3.05, 3.63) is 0 Å². The Morgan fingerprint density at radius 3 is 2.28 bits per heavy atom. The molecule has 3 nitrogen and oxygen atoms in total. The predicted octanol–water partition coefficient (Wildman–Crippen LogP) is 2.29. The first kappa shape index (κ1) is 17.7. The maximum absolute atomic E-state index is 5.99. The van der Waals surface area contributed by atoms with Gasteiger partial charge < -0.3 is 10.2 Å². The van der Waals surface area contributed by atoms with Crippen molar-refractivity contribution in [3.8, 4) is 11.8 Å². The third-order valence-corrected chi connectivity index (χ3v) is 8.11. The molecule has 0 saturated heterocycles. The molecule has 106 valence electrons. The van der Waals surface area contributed by atoms with E-state index in [2.05, 4.69) is 57.5 Å². The second-order valence-corrected chi connectivity index (χ2v) is 10.9. The first-order chi connectivity index (χ1) is 8.24. The van der Waals surface area contributed by atoms with Gasteiger partial charge in [-0.1, -0.05) is 39.5 Å². The molecular formula is C14H30N2OSi. The molecule has 0 aliphatic rings. The second-order valence-electron chi connectivity index (χ2n) is 6.06. The van der Waals surface area contributed by atoms with E-state index in [9.17, 15) is 0 Å². The van der Waals surface area contributed by atoms with Crippen LogP contribution in [0.5, 0.6) is 0 Å². The van der Waals surface area contributed by atoms with Gasteiger partial charge in [0, 0.05) is 13.1 Å². The van der Waals surface area contributed by atoms with Crippen molar-refractivity contribution in [2.24, 2.45) is 5.73 Å². The predicted molar refractivity (Wildman–Crippen MR) is 82.1 cm³/mol. The summed E-state index contributed by atoms with van der Waals surface area (Å²) in [4.78, 5) is 2.24. The van der Waals surface area contributed by atoms with Gasteiger partial charge in [-0.15, -0.1) is 0 Å². The number of nitrogens with two attached hydrogens (primary N) is 1. The number of nitrogens with zero attached hydrogens (tertiary/aromatic N) is 1. The van der Waals surface area contributed by atoms with Crippen LogP contribution in [0.2, 0.25) is 18.1 Å². The molecule has 0 aromatic heterocycles. The summed E-state index contributed by atoms with van der Waals surface area (Å²) >= 11 is 0. The van der Waals surface area contributed by atoms with Crippen LogP contribution in [0.3, 0.4) is 0 Å². The van der Waals surface area contributed by atoms with Gasteiger partial charge in [-0.3, -0.25) is 4.90 Å². The average molecular weight is 270 g/mol. The summed E-state index contributed by atoms with van der Waals surface area (Å²) in [6, 6.07) is 0. The molecule has 0 aliphatic carbocycles. The molecule has 0 unspecified atom stereocenters. The largest absolute Gasteiger partial charge is 0.406 e.